The highest BCUT2D eigenvalue weighted by molar-refractivity contribution is 6.30. The minimum absolute atomic E-state index is 0.0440. The van der Waals surface area contributed by atoms with Gasteiger partial charge in [-0.1, -0.05) is 23.7 Å². The molecule has 1 heterocycles. The van der Waals surface area contributed by atoms with Gasteiger partial charge in [-0.25, -0.2) is 4.79 Å². The summed E-state index contributed by atoms with van der Waals surface area (Å²) in [5, 5.41) is 3.83. The second kappa shape index (κ2) is 8.74. The molecule has 0 aliphatic carbocycles. The van der Waals surface area contributed by atoms with E-state index in [9.17, 15) is 9.59 Å². The lowest BCUT2D eigenvalue weighted by Crippen LogP contribution is -2.52. The standard InChI is InChI=1S/C16H22ClN3O3/c1-2-23-16(22)20-9-7-19(8-10-20)15(21)12-18-11-13-3-5-14(17)6-4-13/h3-6,18H,2,7-12H2,1H3. The maximum atomic E-state index is 12.2. The van der Waals surface area contributed by atoms with Gasteiger partial charge in [0, 0.05) is 37.7 Å². The molecule has 0 unspecified atom stereocenters. The van der Waals surface area contributed by atoms with Crippen LogP contribution >= 0.6 is 11.6 Å². The van der Waals surface area contributed by atoms with Gasteiger partial charge in [-0.05, 0) is 24.6 Å². The van der Waals surface area contributed by atoms with Crippen molar-refractivity contribution >= 4 is 23.6 Å². The fourth-order valence-corrected chi connectivity index (χ4v) is 2.51. The summed E-state index contributed by atoms with van der Waals surface area (Å²) < 4.78 is 4.96. The van der Waals surface area contributed by atoms with Crippen LogP contribution in [0.2, 0.25) is 5.02 Å². The molecule has 0 spiro atoms. The van der Waals surface area contributed by atoms with Crippen LogP contribution in [0.15, 0.2) is 24.3 Å². The minimum Gasteiger partial charge on any atom is -0.450 e. The Labute approximate surface area is 141 Å². The third-order valence-electron chi connectivity index (χ3n) is 3.68. The quantitative estimate of drug-likeness (QED) is 0.887. The van der Waals surface area contributed by atoms with Crippen LogP contribution < -0.4 is 5.32 Å². The zero-order valence-electron chi connectivity index (χ0n) is 13.3. The van der Waals surface area contributed by atoms with Crippen molar-refractivity contribution < 1.29 is 14.3 Å². The molecular weight excluding hydrogens is 318 g/mol. The summed E-state index contributed by atoms with van der Waals surface area (Å²) in [6.45, 7) is 5.16. The van der Waals surface area contributed by atoms with E-state index in [0.717, 1.165) is 5.56 Å². The molecule has 0 atom stereocenters. The normalized spacial score (nSPS) is 14.7. The molecule has 7 heteroatoms. The molecule has 0 aromatic heterocycles. The molecule has 0 bridgehead atoms. The lowest BCUT2D eigenvalue weighted by Gasteiger charge is -2.34. The Morgan fingerprint density at radius 3 is 2.35 bits per heavy atom. The van der Waals surface area contributed by atoms with Crippen LogP contribution in [0.3, 0.4) is 0 Å². The molecular formula is C16H22ClN3O3. The van der Waals surface area contributed by atoms with Crippen LogP contribution in [0.5, 0.6) is 0 Å². The Balaban J connectivity index is 1.68. The van der Waals surface area contributed by atoms with Crippen LogP contribution in [-0.2, 0) is 16.1 Å². The van der Waals surface area contributed by atoms with Crippen LogP contribution in [0.1, 0.15) is 12.5 Å². The first kappa shape index (κ1) is 17.6. The molecule has 126 valence electrons. The van der Waals surface area contributed by atoms with Crippen LogP contribution in [0.4, 0.5) is 4.79 Å². The van der Waals surface area contributed by atoms with E-state index >= 15 is 0 Å². The third-order valence-corrected chi connectivity index (χ3v) is 3.93. The highest BCUT2D eigenvalue weighted by atomic mass is 35.5. The lowest BCUT2D eigenvalue weighted by molar-refractivity contribution is -0.131. The number of carbonyl (C=O) groups is 2. The number of ether oxygens (including phenoxy) is 1. The van der Waals surface area contributed by atoms with Gasteiger partial charge in [0.1, 0.15) is 0 Å². The third kappa shape index (κ3) is 5.41. The first-order chi connectivity index (χ1) is 11.1. The van der Waals surface area contributed by atoms with Gasteiger partial charge >= 0.3 is 6.09 Å². The summed E-state index contributed by atoms with van der Waals surface area (Å²) in [5.74, 6) is 0.0440. The van der Waals surface area contributed by atoms with Crippen molar-refractivity contribution in [3.63, 3.8) is 0 Å². The van der Waals surface area contributed by atoms with Gasteiger partial charge in [-0.3, -0.25) is 4.79 Å². The number of rotatable bonds is 5. The number of halogens is 1. The van der Waals surface area contributed by atoms with Crippen molar-refractivity contribution in [2.75, 3.05) is 39.3 Å². The Hall–Kier alpha value is -1.79. The molecule has 1 aliphatic rings. The summed E-state index contributed by atoms with van der Waals surface area (Å²) >= 11 is 5.83. The molecule has 1 N–H and O–H groups in total. The van der Waals surface area contributed by atoms with Crippen molar-refractivity contribution in [1.82, 2.24) is 15.1 Å². The fourth-order valence-electron chi connectivity index (χ4n) is 2.38. The van der Waals surface area contributed by atoms with E-state index in [4.69, 9.17) is 16.3 Å². The number of amides is 2. The van der Waals surface area contributed by atoms with E-state index in [1.807, 2.05) is 24.3 Å². The Kier molecular flexibility index (Phi) is 6.67. The lowest BCUT2D eigenvalue weighted by atomic mass is 10.2. The molecule has 2 rings (SSSR count). The van der Waals surface area contributed by atoms with E-state index in [1.54, 1.807) is 16.7 Å². The van der Waals surface area contributed by atoms with E-state index < -0.39 is 0 Å². The van der Waals surface area contributed by atoms with Gasteiger partial charge in [0.2, 0.25) is 5.91 Å². The van der Waals surface area contributed by atoms with Gasteiger partial charge in [-0.15, -0.1) is 0 Å². The summed E-state index contributed by atoms with van der Waals surface area (Å²) in [7, 11) is 0. The van der Waals surface area contributed by atoms with Crippen molar-refractivity contribution in [2.24, 2.45) is 0 Å². The SMILES string of the molecule is CCOC(=O)N1CCN(C(=O)CNCc2ccc(Cl)cc2)CC1. The smallest absolute Gasteiger partial charge is 0.409 e. The zero-order chi connectivity index (χ0) is 16.7. The largest absolute Gasteiger partial charge is 0.450 e. The van der Waals surface area contributed by atoms with E-state index in [0.29, 0.717) is 44.4 Å². The monoisotopic (exact) mass is 339 g/mol. The molecule has 0 saturated carbocycles. The zero-order valence-corrected chi connectivity index (χ0v) is 14.0. The highest BCUT2D eigenvalue weighted by Gasteiger charge is 2.24. The van der Waals surface area contributed by atoms with E-state index in [2.05, 4.69) is 5.32 Å². The van der Waals surface area contributed by atoms with Gasteiger partial charge in [0.15, 0.2) is 0 Å². The number of carbonyl (C=O) groups excluding carboxylic acids is 2. The van der Waals surface area contributed by atoms with E-state index in [-0.39, 0.29) is 18.5 Å². The minimum atomic E-state index is -0.305. The Bertz CT molecular complexity index is 528. The van der Waals surface area contributed by atoms with Gasteiger partial charge in [0.25, 0.3) is 0 Å². The number of hydrogen-bond acceptors (Lipinski definition) is 4. The van der Waals surface area contributed by atoms with Crippen molar-refractivity contribution in [3.8, 4) is 0 Å². The first-order valence-corrected chi connectivity index (χ1v) is 8.12. The second-order valence-corrected chi connectivity index (χ2v) is 5.73. The number of benzene rings is 1. The predicted molar refractivity (Wildman–Crippen MR) is 88.3 cm³/mol. The maximum absolute atomic E-state index is 12.2. The Morgan fingerprint density at radius 1 is 1.13 bits per heavy atom. The number of piperazine rings is 1. The van der Waals surface area contributed by atoms with Crippen molar-refractivity contribution in [3.05, 3.63) is 34.9 Å². The van der Waals surface area contributed by atoms with Crippen LogP contribution in [0.25, 0.3) is 0 Å². The molecule has 6 nitrogen and oxygen atoms in total. The summed E-state index contributed by atoms with van der Waals surface area (Å²) in [5.41, 5.74) is 1.08. The van der Waals surface area contributed by atoms with Gasteiger partial charge in [-0.2, -0.15) is 0 Å². The molecule has 2 amide bonds. The fraction of sp³-hybridized carbons (Fsp3) is 0.500. The van der Waals surface area contributed by atoms with Crippen LogP contribution in [0, 0.1) is 0 Å². The summed E-state index contributed by atoms with van der Waals surface area (Å²) in [4.78, 5) is 27.2. The Morgan fingerprint density at radius 2 is 1.74 bits per heavy atom. The molecule has 1 aliphatic heterocycles. The average Bonchev–Trinajstić information content (AvgIpc) is 2.57. The van der Waals surface area contributed by atoms with Crippen LogP contribution in [-0.4, -0.2) is 61.1 Å². The second-order valence-electron chi connectivity index (χ2n) is 5.30. The van der Waals surface area contributed by atoms with Crippen molar-refractivity contribution in [1.29, 1.82) is 0 Å². The molecule has 1 saturated heterocycles. The molecule has 23 heavy (non-hydrogen) atoms. The number of nitrogens with one attached hydrogen (secondary N) is 1. The maximum Gasteiger partial charge on any atom is 0.409 e. The van der Waals surface area contributed by atoms with Crippen molar-refractivity contribution in [2.45, 2.75) is 13.5 Å². The van der Waals surface area contributed by atoms with E-state index in [1.165, 1.54) is 0 Å². The molecule has 1 fully saturated rings. The molecule has 1 aromatic carbocycles. The van der Waals surface area contributed by atoms with Gasteiger partial charge < -0.3 is 19.9 Å². The summed E-state index contributed by atoms with van der Waals surface area (Å²) in [6, 6.07) is 7.51. The average molecular weight is 340 g/mol. The van der Waals surface area contributed by atoms with Gasteiger partial charge in [0.05, 0.1) is 13.2 Å². The highest BCUT2D eigenvalue weighted by Crippen LogP contribution is 2.09. The number of nitrogens with zero attached hydrogens (tertiary/aromatic N) is 2. The predicted octanol–water partition coefficient (Wildman–Crippen LogP) is 1.73. The summed E-state index contributed by atoms with van der Waals surface area (Å²) in [6.07, 6.45) is -0.305. The number of hydrogen-bond donors (Lipinski definition) is 1. The first-order valence-electron chi connectivity index (χ1n) is 7.74. The molecule has 0 radical (unpaired) electrons. The molecule has 1 aromatic rings. The topological polar surface area (TPSA) is 61.9 Å².